The predicted molar refractivity (Wildman–Crippen MR) is 118 cm³/mol. The summed E-state index contributed by atoms with van der Waals surface area (Å²) >= 11 is 5.81. The molecule has 0 fully saturated rings. The summed E-state index contributed by atoms with van der Waals surface area (Å²) in [5.74, 6) is -4.65. The molecule has 2 atom stereocenters. The average molecular weight is 524 g/mol. The Balaban J connectivity index is 1.85. The number of aromatic nitrogens is 5. The first-order valence-corrected chi connectivity index (χ1v) is 11.9. The lowest BCUT2D eigenvalue weighted by Crippen LogP contribution is -2.39. The van der Waals surface area contributed by atoms with Crippen LogP contribution in [-0.4, -0.2) is 38.3 Å². The predicted octanol–water partition coefficient (Wildman–Crippen LogP) is 3.66. The largest absolute Gasteiger partial charge is 0.382 e. The fourth-order valence-corrected chi connectivity index (χ4v) is 5.03. The van der Waals surface area contributed by atoms with E-state index in [2.05, 4.69) is 20.1 Å². The maximum Gasteiger partial charge on any atom is 0.226 e. The third kappa shape index (κ3) is 4.64. The maximum atomic E-state index is 15.6. The van der Waals surface area contributed by atoms with Gasteiger partial charge < -0.3 is 5.11 Å². The van der Waals surface area contributed by atoms with Crippen LogP contribution in [0.25, 0.3) is 0 Å². The van der Waals surface area contributed by atoms with Crippen molar-refractivity contribution >= 4 is 21.4 Å². The van der Waals surface area contributed by atoms with E-state index in [0.717, 1.165) is 18.5 Å². The second-order valence-corrected chi connectivity index (χ2v) is 10.00. The van der Waals surface area contributed by atoms with Gasteiger partial charge in [0, 0.05) is 22.6 Å². The zero-order chi connectivity index (χ0) is 25.4. The number of sulfone groups is 1. The Morgan fingerprint density at radius 1 is 1.09 bits per heavy atom. The molecule has 35 heavy (non-hydrogen) atoms. The van der Waals surface area contributed by atoms with Gasteiger partial charge in [-0.25, -0.2) is 41.2 Å². The lowest BCUT2D eigenvalue weighted by Gasteiger charge is -2.34. The Labute approximate surface area is 203 Å². The Morgan fingerprint density at radius 2 is 1.80 bits per heavy atom. The second-order valence-electron chi connectivity index (χ2n) is 7.70. The minimum atomic E-state index is -4.43. The van der Waals surface area contributed by atoms with Gasteiger partial charge >= 0.3 is 0 Å². The third-order valence-electron chi connectivity index (χ3n) is 5.56. The van der Waals surface area contributed by atoms with Crippen LogP contribution < -0.4 is 0 Å². The maximum absolute atomic E-state index is 15.6. The highest BCUT2D eigenvalue weighted by Gasteiger charge is 2.43. The third-order valence-corrected chi connectivity index (χ3v) is 7.50. The Hall–Kier alpha value is -3.35. The van der Waals surface area contributed by atoms with Crippen molar-refractivity contribution in [2.24, 2.45) is 0 Å². The highest BCUT2D eigenvalue weighted by atomic mass is 35.5. The molecule has 4 rings (SSSR count). The summed E-state index contributed by atoms with van der Waals surface area (Å²) in [7, 11) is -4.43. The molecule has 1 N–H and O–H groups in total. The molecule has 0 aliphatic heterocycles. The van der Waals surface area contributed by atoms with Crippen LogP contribution in [0.3, 0.4) is 0 Å². The normalized spacial score (nSPS) is 14.5. The van der Waals surface area contributed by atoms with Crippen molar-refractivity contribution in [1.82, 2.24) is 24.7 Å². The van der Waals surface area contributed by atoms with Crippen LogP contribution in [0.4, 0.5) is 13.2 Å². The van der Waals surface area contributed by atoms with Gasteiger partial charge in [-0.1, -0.05) is 24.6 Å². The van der Waals surface area contributed by atoms with Gasteiger partial charge in [0.25, 0.3) is 0 Å². The Morgan fingerprint density at radius 3 is 2.43 bits per heavy atom. The number of rotatable bonds is 7. The summed E-state index contributed by atoms with van der Waals surface area (Å²) < 4.78 is 71.3. The van der Waals surface area contributed by atoms with E-state index >= 15 is 4.39 Å². The zero-order valence-corrected chi connectivity index (χ0v) is 19.6. The van der Waals surface area contributed by atoms with E-state index in [1.54, 1.807) is 0 Å². The van der Waals surface area contributed by atoms with Crippen LogP contribution in [0.5, 0.6) is 0 Å². The van der Waals surface area contributed by atoms with Gasteiger partial charge in [0.2, 0.25) is 9.84 Å². The van der Waals surface area contributed by atoms with E-state index in [0.29, 0.717) is 6.07 Å². The average Bonchev–Trinajstić information content (AvgIpc) is 3.31. The molecule has 0 bridgehead atoms. The molecule has 0 saturated carbocycles. The van der Waals surface area contributed by atoms with Crippen LogP contribution in [0.2, 0.25) is 5.02 Å². The van der Waals surface area contributed by atoms with Gasteiger partial charge in [0.15, 0.2) is 10.8 Å². The molecule has 0 saturated heterocycles. The minimum absolute atomic E-state index is 0.263. The Bertz CT molecular complexity index is 1470. The molecule has 0 amide bonds. The fourth-order valence-electron chi connectivity index (χ4n) is 3.66. The summed E-state index contributed by atoms with van der Waals surface area (Å²) in [6, 6.07) is 7.55. The number of hydrogen-bond donors (Lipinski definition) is 1. The van der Waals surface area contributed by atoms with Gasteiger partial charge in [0.05, 0.1) is 17.1 Å². The fraction of sp³-hybridized carbons (Fsp3) is 0.182. The molecule has 2 aromatic carbocycles. The topological polar surface area (TPSA) is 111 Å². The van der Waals surface area contributed by atoms with E-state index in [1.165, 1.54) is 48.5 Å². The molecule has 4 aromatic rings. The van der Waals surface area contributed by atoms with Crippen molar-refractivity contribution in [3.8, 4) is 0 Å². The van der Waals surface area contributed by atoms with Crippen molar-refractivity contribution in [3.63, 3.8) is 0 Å². The van der Waals surface area contributed by atoms with E-state index in [-0.39, 0.29) is 15.5 Å². The highest BCUT2D eigenvalue weighted by Crippen LogP contribution is 2.40. The second kappa shape index (κ2) is 9.36. The molecule has 0 spiro atoms. The monoisotopic (exact) mass is 523 g/mol. The van der Waals surface area contributed by atoms with Crippen LogP contribution in [0.1, 0.15) is 24.1 Å². The van der Waals surface area contributed by atoms with Crippen molar-refractivity contribution < 1.29 is 26.7 Å². The van der Waals surface area contributed by atoms with Crippen molar-refractivity contribution in [1.29, 1.82) is 0 Å². The SMILES string of the molecule is C[C@H](c1ncnc(S(=O)(=O)c2ccc(Cl)cc2)c1F)[C@@](O)(Cn1cncn1)c1ccc(F)cc1F. The molecule has 2 heterocycles. The first kappa shape index (κ1) is 24.8. The number of nitrogens with zero attached hydrogens (tertiary/aromatic N) is 5. The summed E-state index contributed by atoms with van der Waals surface area (Å²) in [4.78, 5) is 11.0. The van der Waals surface area contributed by atoms with Crippen LogP contribution >= 0.6 is 11.6 Å². The first-order chi connectivity index (χ1) is 16.5. The summed E-state index contributed by atoms with van der Waals surface area (Å²) in [5, 5.41) is 14.9. The minimum Gasteiger partial charge on any atom is -0.382 e. The van der Waals surface area contributed by atoms with Crippen molar-refractivity contribution in [2.45, 2.75) is 34.9 Å². The summed E-state index contributed by atoms with van der Waals surface area (Å²) in [6.45, 7) is 0.892. The van der Waals surface area contributed by atoms with E-state index in [9.17, 15) is 22.3 Å². The van der Waals surface area contributed by atoms with Gasteiger partial charge in [-0.15, -0.1) is 0 Å². The van der Waals surface area contributed by atoms with Crippen LogP contribution in [-0.2, 0) is 22.0 Å². The van der Waals surface area contributed by atoms with Crippen LogP contribution in [0, 0.1) is 17.5 Å². The van der Waals surface area contributed by atoms with E-state index in [4.69, 9.17) is 11.6 Å². The molecule has 0 aliphatic rings. The lowest BCUT2D eigenvalue weighted by atomic mass is 9.79. The molecule has 0 radical (unpaired) electrons. The molecule has 8 nitrogen and oxygen atoms in total. The van der Waals surface area contributed by atoms with E-state index < -0.39 is 56.1 Å². The number of benzene rings is 2. The van der Waals surface area contributed by atoms with Gasteiger partial charge in [-0.2, -0.15) is 5.10 Å². The number of aliphatic hydroxyl groups is 1. The molecule has 0 unspecified atom stereocenters. The van der Waals surface area contributed by atoms with Crippen molar-refractivity contribution in [3.05, 3.63) is 95.2 Å². The standard InChI is InChI=1S/C22H17ClF3N5O3S/c1-13(22(32,9-31-12-27-10-30-31)17-7-4-15(24)8-18(17)25)20-19(26)21(29-11-28-20)35(33,34)16-5-2-14(23)3-6-16/h2-8,10-13,32H,9H2,1H3/t13-,22+/m1/s1. The molecule has 2 aromatic heterocycles. The zero-order valence-electron chi connectivity index (χ0n) is 18.0. The van der Waals surface area contributed by atoms with Gasteiger partial charge in [-0.05, 0) is 30.3 Å². The molecule has 0 aliphatic carbocycles. The van der Waals surface area contributed by atoms with Crippen molar-refractivity contribution in [2.75, 3.05) is 0 Å². The smallest absolute Gasteiger partial charge is 0.226 e. The number of hydrogen-bond acceptors (Lipinski definition) is 7. The summed E-state index contributed by atoms with van der Waals surface area (Å²) in [6.07, 6.45) is 3.24. The first-order valence-electron chi connectivity index (χ1n) is 10.1. The quantitative estimate of drug-likeness (QED) is 0.368. The Kier molecular flexibility index (Phi) is 6.62. The van der Waals surface area contributed by atoms with E-state index in [1.807, 2.05) is 0 Å². The molecular formula is C22H17ClF3N5O3S. The molecule has 182 valence electrons. The number of halogens is 4. The molecule has 13 heteroatoms. The molecular weight excluding hydrogens is 507 g/mol. The van der Waals surface area contributed by atoms with Gasteiger partial charge in [-0.3, -0.25) is 0 Å². The van der Waals surface area contributed by atoms with Crippen LogP contribution in [0.15, 0.2) is 71.4 Å². The highest BCUT2D eigenvalue weighted by molar-refractivity contribution is 7.91. The summed E-state index contributed by atoms with van der Waals surface area (Å²) in [5.41, 5.74) is -3.12. The van der Waals surface area contributed by atoms with Gasteiger partial charge in [0.1, 0.15) is 36.2 Å². The lowest BCUT2D eigenvalue weighted by molar-refractivity contribution is -0.0135.